The second-order valence-corrected chi connectivity index (χ2v) is 4.46. The van der Waals surface area contributed by atoms with E-state index in [-0.39, 0.29) is 0 Å². The number of hydrogen-bond donors (Lipinski definition) is 1. The van der Waals surface area contributed by atoms with Crippen molar-refractivity contribution in [1.29, 1.82) is 0 Å². The summed E-state index contributed by atoms with van der Waals surface area (Å²) in [6.45, 7) is 6.17. The second-order valence-electron chi connectivity index (χ2n) is 4.46. The molecule has 0 unspecified atom stereocenters. The lowest BCUT2D eigenvalue weighted by atomic mass is 9.78. The molecule has 0 amide bonds. The molecule has 0 aliphatic heterocycles. The van der Waals surface area contributed by atoms with Gasteiger partial charge in [0.05, 0.1) is 5.41 Å². The molecule has 0 spiro atoms. The van der Waals surface area contributed by atoms with E-state index in [9.17, 15) is 9.90 Å². The zero-order chi connectivity index (χ0) is 11.7. The predicted octanol–water partition coefficient (Wildman–Crippen LogP) is 4.24. The number of carbonyl (C=O) groups is 1. The van der Waals surface area contributed by atoms with E-state index in [1.807, 2.05) is 13.8 Å². The minimum absolute atomic E-state index is 0.452. The quantitative estimate of drug-likeness (QED) is 0.583. The van der Waals surface area contributed by atoms with Crippen molar-refractivity contribution in [3.8, 4) is 0 Å². The van der Waals surface area contributed by atoms with E-state index >= 15 is 0 Å². The highest BCUT2D eigenvalue weighted by Gasteiger charge is 2.33. The zero-order valence-electron chi connectivity index (χ0n) is 10.5. The first-order chi connectivity index (χ1) is 7.13. The van der Waals surface area contributed by atoms with Crippen LogP contribution in [0.4, 0.5) is 0 Å². The highest BCUT2D eigenvalue weighted by atomic mass is 16.4. The van der Waals surface area contributed by atoms with Crippen molar-refractivity contribution >= 4 is 5.97 Å². The smallest absolute Gasteiger partial charge is 0.309 e. The Morgan fingerprint density at radius 2 is 1.53 bits per heavy atom. The standard InChI is InChI=1S/C13H26O2/c1-4-7-8-9-10-11-13(5-2,6-3)12(14)15/h4-11H2,1-3H3,(H,14,15). The van der Waals surface area contributed by atoms with Crippen molar-refractivity contribution in [2.45, 2.75) is 72.1 Å². The minimum Gasteiger partial charge on any atom is -0.481 e. The summed E-state index contributed by atoms with van der Waals surface area (Å²) in [5, 5.41) is 9.23. The van der Waals surface area contributed by atoms with Crippen LogP contribution in [0.2, 0.25) is 0 Å². The predicted molar refractivity (Wildman–Crippen MR) is 64.0 cm³/mol. The summed E-state index contributed by atoms with van der Waals surface area (Å²) in [6.07, 6.45) is 8.37. The monoisotopic (exact) mass is 214 g/mol. The fourth-order valence-corrected chi connectivity index (χ4v) is 2.08. The fraction of sp³-hybridized carbons (Fsp3) is 0.923. The number of carboxylic acids is 1. The lowest BCUT2D eigenvalue weighted by Gasteiger charge is -2.26. The molecule has 2 nitrogen and oxygen atoms in total. The van der Waals surface area contributed by atoms with E-state index in [4.69, 9.17) is 0 Å². The Labute approximate surface area is 94.1 Å². The summed E-state index contributed by atoms with van der Waals surface area (Å²) in [5.74, 6) is -0.608. The van der Waals surface area contributed by atoms with Gasteiger partial charge in [0.25, 0.3) is 0 Å². The molecule has 0 fully saturated rings. The summed E-state index contributed by atoms with van der Waals surface area (Å²) in [4.78, 5) is 11.2. The molecule has 15 heavy (non-hydrogen) atoms. The van der Waals surface area contributed by atoms with E-state index in [2.05, 4.69) is 6.92 Å². The molecule has 0 aromatic rings. The highest BCUT2D eigenvalue weighted by molar-refractivity contribution is 5.74. The first-order valence-corrected chi connectivity index (χ1v) is 6.36. The summed E-state index contributed by atoms with van der Waals surface area (Å²) in [5.41, 5.74) is -0.452. The Bertz CT molecular complexity index is 171. The topological polar surface area (TPSA) is 37.3 Å². The van der Waals surface area contributed by atoms with Crippen LogP contribution in [0.5, 0.6) is 0 Å². The maximum absolute atomic E-state index is 11.2. The van der Waals surface area contributed by atoms with Crippen molar-refractivity contribution in [1.82, 2.24) is 0 Å². The molecule has 0 heterocycles. The van der Waals surface area contributed by atoms with Crippen molar-refractivity contribution in [2.24, 2.45) is 5.41 Å². The number of hydrogen-bond acceptors (Lipinski definition) is 1. The molecule has 2 heteroatoms. The van der Waals surface area contributed by atoms with Crippen LogP contribution in [0.15, 0.2) is 0 Å². The molecule has 0 aromatic heterocycles. The van der Waals surface area contributed by atoms with Crippen molar-refractivity contribution in [2.75, 3.05) is 0 Å². The molecule has 0 aromatic carbocycles. The van der Waals surface area contributed by atoms with E-state index in [1.165, 1.54) is 25.7 Å². The molecular formula is C13H26O2. The van der Waals surface area contributed by atoms with Crippen molar-refractivity contribution in [3.05, 3.63) is 0 Å². The summed E-state index contributed by atoms with van der Waals surface area (Å²) < 4.78 is 0. The number of carboxylic acid groups (broad SMARTS) is 1. The Kier molecular flexibility index (Phi) is 7.45. The van der Waals surface area contributed by atoms with Gasteiger partial charge in [0.2, 0.25) is 0 Å². The Balaban J connectivity index is 3.91. The average molecular weight is 214 g/mol. The van der Waals surface area contributed by atoms with Crippen LogP contribution < -0.4 is 0 Å². The van der Waals surface area contributed by atoms with Gasteiger partial charge in [0.15, 0.2) is 0 Å². The SMILES string of the molecule is CCCCCCCC(CC)(CC)C(=O)O. The maximum Gasteiger partial charge on any atom is 0.309 e. The van der Waals surface area contributed by atoms with Crippen LogP contribution in [0.3, 0.4) is 0 Å². The molecule has 0 aliphatic carbocycles. The summed E-state index contributed by atoms with van der Waals surface area (Å²) in [7, 11) is 0. The molecule has 0 saturated heterocycles. The third-order valence-corrected chi connectivity index (χ3v) is 3.57. The summed E-state index contributed by atoms with van der Waals surface area (Å²) in [6, 6.07) is 0. The van der Waals surface area contributed by atoms with Gasteiger partial charge in [-0.05, 0) is 19.3 Å². The van der Waals surface area contributed by atoms with E-state index < -0.39 is 11.4 Å². The zero-order valence-corrected chi connectivity index (χ0v) is 10.5. The largest absolute Gasteiger partial charge is 0.481 e. The van der Waals surface area contributed by atoms with Gasteiger partial charge in [-0.15, -0.1) is 0 Å². The third-order valence-electron chi connectivity index (χ3n) is 3.57. The van der Waals surface area contributed by atoms with E-state index in [0.29, 0.717) is 0 Å². The first-order valence-electron chi connectivity index (χ1n) is 6.36. The fourth-order valence-electron chi connectivity index (χ4n) is 2.08. The van der Waals surface area contributed by atoms with Crippen LogP contribution in [0.1, 0.15) is 72.1 Å². The Morgan fingerprint density at radius 3 is 1.93 bits per heavy atom. The van der Waals surface area contributed by atoms with Crippen molar-refractivity contribution < 1.29 is 9.90 Å². The molecular weight excluding hydrogens is 188 g/mol. The molecule has 90 valence electrons. The van der Waals surface area contributed by atoms with Crippen LogP contribution in [0, 0.1) is 5.41 Å². The van der Waals surface area contributed by atoms with Gasteiger partial charge in [-0.1, -0.05) is 52.9 Å². The molecule has 0 bridgehead atoms. The average Bonchev–Trinajstić information content (AvgIpc) is 2.23. The Morgan fingerprint density at radius 1 is 1.00 bits per heavy atom. The molecule has 0 saturated carbocycles. The molecule has 0 atom stereocenters. The van der Waals surface area contributed by atoms with Gasteiger partial charge in [-0.25, -0.2) is 0 Å². The van der Waals surface area contributed by atoms with Gasteiger partial charge >= 0.3 is 5.97 Å². The van der Waals surface area contributed by atoms with Crippen LogP contribution in [-0.4, -0.2) is 11.1 Å². The molecule has 0 radical (unpaired) electrons. The maximum atomic E-state index is 11.2. The molecule has 0 aliphatic rings. The van der Waals surface area contributed by atoms with Crippen LogP contribution >= 0.6 is 0 Å². The van der Waals surface area contributed by atoms with Crippen molar-refractivity contribution in [3.63, 3.8) is 0 Å². The highest BCUT2D eigenvalue weighted by Crippen LogP contribution is 2.33. The van der Waals surface area contributed by atoms with Gasteiger partial charge in [0.1, 0.15) is 0 Å². The molecule has 0 rings (SSSR count). The normalized spacial score (nSPS) is 11.7. The molecule has 1 N–H and O–H groups in total. The first kappa shape index (κ1) is 14.5. The van der Waals surface area contributed by atoms with Gasteiger partial charge in [-0.3, -0.25) is 4.79 Å². The second kappa shape index (κ2) is 7.72. The van der Waals surface area contributed by atoms with Crippen LogP contribution in [-0.2, 0) is 4.79 Å². The van der Waals surface area contributed by atoms with Gasteiger partial charge in [-0.2, -0.15) is 0 Å². The number of unbranched alkanes of at least 4 members (excludes halogenated alkanes) is 4. The van der Waals surface area contributed by atoms with E-state index in [0.717, 1.165) is 25.7 Å². The minimum atomic E-state index is -0.608. The van der Waals surface area contributed by atoms with Crippen LogP contribution in [0.25, 0.3) is 0 Å². The van der Waals surface area contributed by atoms with Gasteiger partial charge in [0, 0.05) is 0 Å². The summed E-state index contributed by atoms with van der Waals surface area (Å²) >= 11 is 0. The lowest BCUT2D eigenvalue weighted by Crippen LogP contribution is -2.29. The van der Waals surface area contributed by atoms with Gasteiger partial charge < -0.3 is 5.11 Å². The number of rotatable bonds is 9. The van der Waals surface area contributed by atoms with E-state index in [1.54, 1.807) is 0 Å². The number of aliphatic carboxylic acids is 1. The Hall–Kier alpha value is -0.530. The third kappa shape index (κ3) is 4.67. The lowest BCUT2D eigenvalue weighted by molar-refractivity contribution is -0.150.